The molecule has 0 unspecified atom stereocenters. The molecule has 2 aromatic rings. The van der Waals surface area contributed by atoms with Crippen molar-refractivity contribution in [1.82, 2.24) is 0 Å². The lowest BCUT2D eigenvalue weighted by molar-refractivity contribution is 1.21. The summed E-state index contributed by atoms with van der Waals surface area (Å²) in [5.74, 6) is 0. The molecule has 18 heavy (non-hydrogen) atoms. The van der Waals surface area contributed by atoms with Crippen LogP contribution in [0.2, 0.25) is 5.02 Å². The van der Waals surface area contributed by atoms with Gasteiger partial charge in [0.05, 0.1) is 5.02 Å². The Labute approximate surface area is 117 Å². The van der Waals surface area contributed by atoms with E-state index in [0.717, 1.165) is 11.4 Å². The summed E-state index contributed by atoms with van der Waals surface area (Å²) >= 11 is 11.1. The fourth-order valence-corrected chi connectivity index (χ4v) is 2.22. The maximum Gasteiger partial charge on any atom is 0.105 e. The largest absolute Gasteiger partial charge is 0.389 e. The van der Waals surface area contributed by atoms with Crippen LogP contribution in [0.1, 0.15) is 5.56 Å². The number of nitrogens with zero attached hydrogens (tertiary/aromatic N) is 1. The van der Waals surface area contributed by atoms with Crippen LogP contribution in [0, 0.1) is 0 Å². The third kappa shape index (κ3) is 2.63. The summed E-state index contributed by atoms with van der Waals surface area (Å²) in [6.07, 6.45) is 0. The summed E-state index contributed by atoms with van der Waals surface area (Å²) in [5.41, 5.74) is 8.38. The van der Waals surface area contributed by atoms with Crippen molar-refractivity contribution in [2.45, 2.75) is 0 Å². The number of benzene rings is 2. The molecule has 2 N–H and O–H groups in total. The zero-order valence-corrected chi connectivity index (χ0v) is 11.5. The van der Waals surface area contributed by atoms with Gasteiger partial charge >= 0.3 is 0 Å². The summed E-state index contributed by atoms with van der Waals surface area (Å²) in [7, 11) is 1.99. The van der Waals surface area contributed by atoms with Gasteiger partial charge in [-0.3, -0.25) is 0 Å². The van der Waals surface area contributed by atoms with E-state index in [1.54, 1.807) is 0 Å². The molecule has 0 heterocycles. The van der Waals surface area contributed by atoms with Crippen molar-refractivity contribution in [3.63, 3.8) is 0 Å². The molecule has 0 spiro atoms. The molecule has 0 bridgehead atoms. The van der Waals surface area contributed by atoms with Crippen molar-refractivity contribution in [2.24, 2.45) is 5.73 Å². The standard InChI is InChI=1S/C14H13ClN2S/c1-17(10-5-3-2-4-6-10)11-7-8-12(14(16)18)13(15)9-11/h2-9H,1H3,(H2,16,18). The fraction of sp³-hybridized carbons (Fsp3) is 0.0714. The lowest BCUT2D eigenvalue weighted by Crippen LogP contribution is -2.12. The van der Waals surface area contributed by atoms with Crippen molar-refractivity contribution < 1.29 is 0 Å². The summed E-state index contributed by atoms with van der Waals surface area (Å²) in [6.45, 7) is 0. The second-order valence-corrected chi connectivity index (χ2v) is 4.77. The van der Waals surface area contributed by atoms with Crippen LogP contribution in [0.3, 0.4) is 0 Å². The Balaban J connectivity index is 2.35. The molecule has 2 rings (SSSR count). The highest BCUT2D eigenvalue weighted by atomic mass is 35.5. The van der Waals surface area contributed by atoms with Gasteiger partial charge in [-0.2, -0.15) is 0 Å². The molecule has 0 saturated carbocycles. The Bertz CT molecular complexity index is 569. The van der Waals surface area contributed by atoms with Gasteiger partial charge in [-0.25, -0.2) is 0 Å². The van der Waals surface area contributed by atoms with Gasteiger partial charge in [0.1, 0.15) is 4.99 Å². The van der Waals surface area contributed by atoms with Gasteiger partial charge in [0.2, 0.25) is 0 Å². The zero-order chi connectivity index (χ0) is 13.1. The predicted octanol–water partition coefficient (Wildman–Crippen LogP) is 3.74. The van der Waals surface area contributed by atoms with Gasteiger partial charge in [-0.1, -0.05) is 42.0 Å². The first-order chi connectivity index (χ1) is 8.59. The van der Waals surface area contributed by atoms with Crippen molar-refractivity contribution in [1.29, 1.82) is 0 Å². The molecule has 0 aliphatic rings. The Morgan fingerprint density at radius 2 is 1.78 bits per heavy atom. The molecule has 92 valence electrons. The summed E-state index contributed by atoms with van der Waals surface area (Å²) in [5, 5.41) is 0.572. The van der Waals surface area contributed by atoms with Crippen LogP contribution in [0.25, 0.3) is 0 Å². The number of thiocarbonyl (C=S) groups is 1. The van der Waals surface area contributed by atoms with E-state index in [9.17, 15) is 0 Å². The molecule has 4 heteroatoms. The average molecular weight is 277 g/mol. The normalized spacial score (nSPS) is 10.1. The van der Waals surface area contributed by atoms with E-state index in [0.29, 0.717) is 15.6 Å². The van der Waals surface area contributed by atoms with E-state index in [1.165, 1.54) is 0 Å². The Morgan fingerprint density at radius 3 is 2.33 bits per heavy atom. The van der Waals surface area contributed by atoms with Crippen LogP contribution in [0.15, 0.2) is 48.5 Å². The predicted molar refractivity (Wildman–Crippen MR) is 81.8 cm³/mol. The van der Waals surface area contributed by atoms with Crippen LogP contribution in [0.5, 0.6) is 0 Å². The van der Waals surface area contributed by atoms with E-state index < -0.39 is 0 Å². The molecular weight excluding hydrogens is 264 g/mol. The van der Waals surface area contributed by atoms with Crippen molar-refractivity contribution in [3.8, 4) is 0 Å². The summed E-state index contributed by atoms with van der Waals surface area (Å²) in [6, 6.07) is 15.7. The molecule has 0 fully saturated rings. The van der Waals surface area contributed by atoms with Crippen LogP contribution in [-0.2, 0) is 0 Å². The Morgan fingerprint density at radius 1 is 1.11 bits per heavy atom. The first-order valence-electron chi connectivity index (χ1n) is 5.47. The van der Waals surface area contributed by atoms with Crippen LogP contribution in [-0.4, -0.2) is 12.0 Å². The molecule has 0 saturated heterocycles. The van der Waals surface area contributed by atoms with Crippen LogP contribution < -0.4 is 10.6 Å². The molecule has 0 atom stereocenters. The maximum atomic E-state index is 6.16. The number of hydrogen-bond acceptors (Lipinski definition) is 2. The second-order valence-electron chi connectivity index (χ2n) is 3.92. The third-order valence-corrected chi connectivity index (χ3v) is 3.28. The number of nitrogens with two attached hydrogens (primary N) is 1. The number of halogens is 1. The second kappa shape index (κ2) is 5.38. The fourth-order valence-electron chi connectivity index (χ4n) is 1.71. The molecule has 0 radical (unpaired) electrons. The highest BCUT2D eigenvalue weighted by molar-refractivity contribution is 7.80. The minimum Gasteiger partial charge on any atom is -0.389 e. The minimum absolute atomic E-state index is 0.314. The molecular formula is C14H13ClN2S. The molecule has 0 aliphatic heterocycles. The molecule has 0 amide bonds. The molecule has 0 aliphatic carbocycles. The summed E-state index contributed by atoms with van der Waals surface area (Å²) < 4.78 is 0. The van der Waals surface area contributed by atoms with Gasteiger partial charge < -0.3 is 10.6 Å². The number of para-hydroxylation sites is 1. The summed E-state index contributed by atoms with van der Waals surface area (Å²) in [4.78, 5) is 2.36. The Hall–Kier alpha value is -1.58. The maximum absolute atomic E-state index is 6.16. The Kier molecular flexibility index (Phi) is 3.84. The average Bonchev–Trinajstić information content (AvgIpc) is 2.38. The smallest absolute Gasteiger partial charge is 0.105 e. The van der Waals surface area contributed by atoms with E-state index >= 15 is 0 Å². The number of hydrogen-bond donors (Lipinski definition) is 1. The number of rotatable bonds is 3. The quantitative estimate of drug-likeness (QED) is 0.866. The van der Waals surface area contributed by atoms with Crippen molar-refractivity contribution >= 4 is 40.2 Å². The molecule has 0 aromatic heterocycles. The van der Waals surface area contributed by atoms with Crippen LogP contribution in [0.4, 0.5) is 11.4 Å². The van der Waals surface area contributed by atoms with Crippen LogP contribution >= 0.6 is 23.8 Å². The third-order valence-electron chi connectivity index (χ3n) is 2.75. The van der Waals surface area contributed by atoms with Crippen molar-refractivity contribution in [2.75, 3.05) is 11.9 Å². The first-order valence-corrected chi connectivity index (χ1v) is 6.26. The van der Waals surface area contributed by atoms with Gasteiger partial charge in [0.25, 0.3) is 0 Å². The topological polar surface area (TPSA) is 29.3 Å². The van der Waals surface area contributed by atoms with Gasteiger partial charge in [-0.15, -0.1) is 0 Å². The highest BCUT2D eigenvalue weighted by Gasteiger charge is 2.08. The van der Waals surface area contributed by atoms with Gasteiger partial charge in [-0.05, 0) is 30.3 Å². The van der Waals surface area contributed by atoms with Gasteiger partial charge in [0.15, 0.2) is 0 Å². The number of anilines is 2. The molecule has 2 nitrogen and oxygen atoms in total. The highest BCUT2D eigenvalue weighted by Crippen LogP contribution is 2.27. The lowest BCUT2D eigenvalue weighted by atomic mass is 10.2. The minimum atomic E-state index is 0.314. The lowest BCUT2D eigenvalue weighted by Gasteiger charge is -2.20. The van der Waals surface area contributed by atoms with Gasteiger partial charge in [0, 0.05) is 24.0 Å². The van der Waals surface area contributed by atoms with E-state index in [4.69, 9.17) is 29.6 Å². The van der Waals surface area contributed by atoms with Crippen molar-refractivity contribution in [3.05, 3.63) is 59.1 Å². The SMILES string of the molecule is CN(c1ccccc1)c1ccc(C(N)=S)c(Cl)c1. The first kappa shape index (κ1) is 12.9. The zero-order valence-electron chi connectivity index (χ0n) is 9.93. The van der Waals surface area contributed by atoms with E-state index in [1.807, 2.05) is 55.6 Å². The van der Waals surface area contributed by atoms with E-state index in [-0.39, 0.29) is 0 Å². The monoisotopic (exact) mass is 276 g/mol. The molecule has 2 aromatic carbocycles. The van der Waals surface area contributed by atoms with E-state index in [2.05, 4.69) is 4.90 Å².